The number of halogens is 2. The number of hydrogen-bond acceptors (Lipinski definition) is 2. The summed E-state index contributed by atoms with van der Waals surface area (Å²) in [5.74, 6) is 0. The minimum Gasteiger partial charge on any atom is -0.382 e. The topological polar surface area (TPSA) is 18.5 Å². The monoisotopic (exact) mass is 248 g/mol. The van der Waals surface area contributed by atoms with Crippen molar-refractivity contribution in [2.24, 2.45) is 0 Å². The van der Waals surface area contributed by atoms with Crippen LogP contribution >= 0.6 is 23.2 Å². The molecule has 0 spiro atoms. The number of hydrogen-bond donors (Lipinski definition) is 0. The van der Waals surface area contributed by atoms with E-state index in [1.807, 2.05) is 12.1 Å². The van der Waals surface area contributed by atoms with Gasteiger partial charge in [-0.3, -0.25) is 0 Å². The van der Waals surface area contributed by atoms with Gasteiger partial charge in [-0.25, -0.2) is 0 Å². The SMILES string of the molecule is COCC(Cl)(COC)c1ccc(Cl)cc1. The highest BCUT2D eigenvalue weighted by Crippen LogP contribution is 2.30. The molecule has 0 unspecified atom stereocenters. The molecular formula is C11H14Cl2O2. The Balaban J connectivity index is 2.92. The van der Waals surface area contributed by atoms with E-state index in [1.54, 1.807) is 26.4 Å². The lowest BCUT2D eigenvalue weighted by Crippen LogP contribution is -2.30. The number of ether oxygens (including phenoxy) is 2. The molecule has 1 aromatic rings. The third kappa shape index (κ3) is 3.35. The second-order valence-electron chi connectivity index (χ2n) is 3.34. The average molecular weight is 249 g/mol. The molecule has 0 heterocycles. The fraction of sp³-hybridized carbons (Fsp3) is 0.455. The van der Waals surface area contributed by atoms with Crippen molar-refractivity contribution in [2.45, 2.75) is 4.87 Å². The van der Waals surface area contributed by atoms with Gasteiger partial charge in [0.05, 0.1) is 13.2 Å². The van der Waals surface area contributed by atoms with E-state index in [4.69, 9.17) is 32.7 Å². The summed E-state index contributed by atoms with van der Waals surface area (Å²) in [6, 6.07) is 7.37. The van der Waals surface area contributed by atoms with E-state index < -0.39 is 4.87 Å². The van der Waals surface area contributed by atoms with Crippen LogP contribution in [0.3, 0.4) is 0 Å². The predicted molar refractivity (Wildman–Crippen MR) is 62.7 cm³/mol. The van der Waals surface area contributed by atoms with Crippen molar-refractivity contribution in [3.8, 4) is 0 Å². The fourth-order valence-corrected chi connectivity index (χ4v) is 1.88. The zero-order valence-corrected chi connectivity index (χ0v) is 10.3. The van der Waals surface area contributed by atoms with Crippen LogP contribution in [0.25, 0.3) is 0 Å². The third-order valence-electron chi connectivity index (χ3n) is 2.11. The number of benzene rings is 1. The highest BCUT2D eigenvalue weighted by molar-refractivity contribution is 6.30. The van der Waals surface area contributed by atoms with Crippen molar-refractivity contribution >= 4 is 23.2 Å². The lowest BCUT2D eigenvalue weighted by Gasteiger charge is -2.25. The summed E-state index contributed by atoms with van der Waals surface area (Å²) < 4.78 is 10.2. The Kier molecular flexibility index (Phi) is 4.87. The van der Waals surface area contributed by atoms with Crippen LogP contribution in [0.2, 0.25) is 5.02 Å². The van der Waals surface area contributed by atoms with E-state index >= 15 is 0 Å². The second kappa shape index (κ2) is 5.71. The molecule has 2 nitrogen and oxygen atoms in total. The molecule has 15 heavy (non-hydrogen) atoms. The Bertz CT molecular complexity index is 292. The van der Waals surface area contributed by atoms with Crippen molar-refractivity contribution in [1.29, 1.82) is 0 Å². The zero-order valence-electron chi connectivity index (χ0n) is 8.80. The minimum atomic E-state index is -0.645. The Hall–Kier alpha value is -0.280. The third-order valence-corrected chi connectivity index (χ3v) is 2.80. The molecule has 0 aliphatic heterocycles. The van der Waals surface area contributed by atoms with E-state index in [9.17, 15) is 0 Å². The second-order valence-corrected chi connectivity index (χ2v) is 4.50. The Labute approximate surface area is 100 Å². The summed E-state index contributed by atoms with van der Waals surface area (Å²) in [7, 11) is 3.23. The maximum Gasteiger partial charge on any atom is 0.116 e. The van der Waals surface area contributed by atoms with Gasteiger partial charge < -0.3 is 9.47 Å². The maximum absolute atomic E-state index is 6.42. The van der Waals surface area contributed by atoms with E-state index in [0.717, 1.165) is 5.56 Å². The van der Waals surface area contributed by atoms with Crippen LogP contribution in [-0.2, 0) is 14.3 Å². The highest BCUT2D eigenvalue weighted by atomic mass is 35.5. The highest BCUT2D eigenvalue weighted by Gasteiger charge is 2.29. The van der Waals surface area contributed by atoms with Gasteiger partial charge in [0.2, 0.25) is 0 Å². The molecule has 0 fully saturated rings. The molecule has 84 valence electrons. The largest absolute Gasteiger partial charge is 0.382 e. The maximum atomic E-state index is 6.42. The molecule has 1 aromatic carbocycles. The van der Waals surface area contributed by atoms with Gasteiger partial charge in [-0.1, -0.05) is 23.7 Å². The lowest BCUT2D eigenvalue weighted by molar-refractivity contribution is 0.0988. The molecule has 0 atom stereocenters. The molecule has 0 amide bonds. The van der Waals surface area contributed by atoms with E-state index in [0.29, 0.717) is 18.2 Å². The van der Waals surface area contributed by atoms with Crippen LogP contribution in [-0.4, -0.2) is 27.4 Å². The minimum absolute atomic E-state index is 0.393. The molecule has 0 bridgehead atoms. The molecule has 1 rings (SSSR count). The molecule has 0 aromatic heterocycles. The fourth-order valence-electron chi connectivity index (χ4n) is 1.41. The Morgan fingerprint density at radius 2 is 1.53 bits per heavy atom. The quantitative estimate of drug-likeness (QED) is 0.746. The zero-order chi connectivity index (χ0) is 11.3. The average Bonchev–Trinajstić information content (AvgIpc) is 2.19. The van der Waals surface area contributed by atoms with Gasteiger partial charge in [0.15, 0.2) is 0 Å². The normalized spacial score (nSPS) is 11.7. The van der Waals surface area contributed by atoms with Crippen LogP contribution < -0.4 is 0 Å². The first kappa shape index (κ1) is 12.8. The smallest absolute Gasteiger partial charge is 0.116 e. The molecule has 0 aliphatic rings. The van der Waals surface area contributed by atoms with Crippen LogP contribution in [0, 0.1) is 0 Å². The summed E-state index contributed by atoms with van der Waals surface area (Å²) in [6.07, 6.45) is 0. The van der Waals surface area contributed by atoms with E-state index in [1.165, 1.54) is 0 Å². The van der Waals surface area contributed by atoms with Gasteiger partial charge in [0, 0.05) is 19.2 Å². The summed E-state index contributed by atoms with van der Waals surface area (Å²) in [4.78, 5) is -0.645. The van der Waals surface area contributed by atoms with Gasteiger partial charge in [0.1, 0.15) is 4.87 Å². The van der Waals surface area contributed by atoms with Crippen LogP contribution in [0.1, 0.15) is 5.56 Å². The van der Waals surface area contributed by atoms with Gasteiger partial charge >= 0.3 is 0 Å². The van der Waals surface area contributed by atoms with Crippen molar-refractivity contribution < 1.29 is 9.47 Å². The Morgan fingerprint density at radius 1 is 1.07 bits per heavy atom. The van der Waals surface area contributed by atoms with Crippen LogP contribution in [0.15, 0.2) is 24.3 Å². The van der Waals surface area contributed by atoms with Crippen molar-refractivity contribution in [2.75, 3.05) is 27.4 Å². The molecule has 0 N–H and O–H groups in total. The van der Waals surface area contributed by atoms with E-state index in [-0.39, 0.29) is 0 Å². The van der Waals surface area contributed by atoms with Gasteiger partial charge in [0.25, 0.3) is 0 Å². The summed E-state index contributed by atoms with van der Waals surface area (Å²) in [6.45, 7) is 0.786. The molecule has 0 saturated heterocycles. The first-order valence-corrected chi connectivity index (χ1v) is 5.31. The Morgan fingerprint density at radius 3 is 1.93 bits per heavy atom. The van der Waals surface area contributed by atoms with Gasteiger partial charge in [-0.05, 0) is 17.7 Å². The van der Waals surface area contributed by atoms with Crippen molar-refractivity contribution in [3.05, 3.63) is 34.9 Å². The van der Waals surface area contributed by atoms with Gasteiger partial charge in [-0.15, -0.1) is 11.6 Å². The van der Waals surface area contributed by atoms with Crippen molar-refractivity contribution in [1.82, 2.24) is 0 Å². The molecule has 0 saturated carbocycles. The standard InChI is InChI=1S/C11H14Cl2O2/c1-14-7-11(13,8-15-2)9-3-5-10(12)6-4-9/h3-6H,7-8H2,1-2H3. The summed E-state index contributed by atoms with van der Waals surface area (Å²) >= 11 is 12.2. The number of alkyl halides is 1. The molecule has 0 aliphatic carbocycles. The summed E-state index contributed by atoms with van der Waals surface area (Å²) in [5, 5.41) is 0.688. The van der Waals surface area contributed by atoms with Crippen LogP contribution in [0.4, 0.5) is 0 Å². The van der Waals surface area contributed by atoms with Crippen molar-refractivity contribution in [3.63, 3.8) is 0 Å². The van der Waals surface area contributed by atoms with Crippen LogP contribution in [0.5, 0.6) is 0 Å². The molecule has 0 radical (unpaired) electrons. The first-order chi connectivity index (χ1) is 7.12. The molecule has 4 heteroatoms. The first-order valence-electron chi connectivity index (χ1n) is 4.55. The number of rotatable bonds is 5. The lowest BCUT2D eigenvalue weighted by atomic mass is 10.00. The van der Waals surface area contributed by atoms with E-state index in [2.05, 4.69) is 0 Å². The summed E-state index contributed by atoms with van der Waals surface area (Å²) in [5.41, 5.74) is 0.942. The molecular weight excluding hydrogens is 235 g/mol. The van der Waals surface area contributed by atoms with Gasteiger partial charge in [-0.2, -0.15) is 0 Å². The number of methoxy groups -OCH3 is 2. The predicted octanol–water partition coefficient (Wildman–Crippen LogP) is 3.07.